The first kappa shape index (κ1) is 14.3. The van der Waals surface area contributed by atoms with Crippen LogP contribution in [-0.2, 0) is 9.59 Å². The van der Waals surface area contributed by atoms with Crippen LogP contribution in [0.5, 0.6) is 5.75 Å². The van der Waals surface area contributed by atoms with Crippen LogP contribution in [-0.4, -0.2) is 29.6 Å². The molecule has 1 atom stereocenters. The number of hydrogen-bond donors (Lipinski definition) is 2. The molecule has 1 aromatic rings. The molecule has 1 amide bonds. The molecule has 18 heavy (non-hydrogen) atoms. The lowest BCUT2D eigenvalue weighted by molar-refractivity contribution is -0.137. The Balaban J connectivity index is 2.39. The zero-order chi connectivity index (χ0) is 13.5. The van der Waals surface area contributed by atoms with Gasteiger partial charge in [-0.2, -0.15) is 0 Å². The number of aliphatic carboxylic acids is 1. The number of hydrogen-bond acceptors (Lipinski definition) is 3. The lowest BCUT2D eigenvalue weighted by Gasteiger charge is -2.14. The summed E-state index contributed by atoms with van der Waals surface area (Å²) in [5.74, 6) is -0.784. The summed E-state index contributed by atoms with van der Waals surface area (Å²) in [4.78, 5) is 21.8. The van der Waals surface area contributed by atoms with E-state index in [1.54, 1.807) is 31.2 Å². The Morgan fingerprint density at radius 3 is 2.56 bits per heavy atom. The molecule has 0 aromatic heterocycles. The van der Waals surface area contributed by atoms with Crippen molar-refractivity contribution in [3.63, 3.8) is 0 Å². The SMILES string of the molecule is CC(Oc1ccc(Cl)cc1)C(=O)NCCC(=O)O. The average Bonchev–Trinajstić information content (AvgIpc) is 2.31. The zero-order valence-corrected chi connectivity index (χ0v) is 10.6. The van der Waals surface area contributed by atoms with Crippen molar-refractivity contribution in [1.29, 1.82) is 0 Å². The largest absolute Gasteiger partial charge is 0.481 e. The van der Waals surface area contributed by atoms with Gasteiger partial charge in [0.15, 0.2) is 6.10 Å². The van der Waals surface area contributed by atoms with Crippen LogP contribution in [0.1, 0.15) is 13.3 Å². The standard InChI is InChI=1S/C12H14ClNO4/c1-8(12(17)14-7-6-11(15)16)18-10-4-2-9(13)3-5-10/h2-5,8H,6-7H2,1H3,(H,14,17)(H,15,16). The van der Waals surface area contributed by atoms with E-state index in [0.29, 0.717) is 10.8 Å². The van der Waals surface area contributed by atoms with Crippen molar-refractivity contribution in [2.75, 3.05) is 6.54 Å². The number of ether oxygens (including phenoxy) is 1. The van der Waals surface area contributed by atoms with E-state index in [1.807, 2.05) is 0 Å². The van der Waals surface area contributed by atoms with Crippen LogP contribution in [0.15, 0.2) is 24.3 Å². The molecule has 0 spiro atoms. The van der Waals surface area contributed by atoms with Gasteiger partial charge in [0.05, 0.1) is 6.42 Å². The van der Waals surface area contributed by atoms with Crippen LogP contribution in [0.3, 0.4) is 0 Å². The minimum Gasteiger partial charge on any atom is -0.481 e. The Labute approximate surface area is 110 Å². The van der Waals surface area contributed by atoms with Crippen molar-refractivity contribution >= 4 is 23.5 Å². The van der Waals surface area contributed by atoms with E-state index in [-0.39, 0.29) is 18.9 Å². The molecule has 5 nitrogen and oxygen atoms in total. The van der Waals surface area contributed by atoms with E-state index in [2.05, 4.69) is 5.32 Å². The quantitative estimate of drug-likeness (QED) is 0.826. The molecule has 0 saturated carbocycles. The average molecular weight is 272 g/mol. The second-order valence-corrected chi connectivity index (χ2v) is 4.09. The lowest BCUT2D eigenvalue weighted by Crippen LogP contribution is -2.37. The number of halogens is 1. The van der Waals surface area contributed by atoms with E-state index in [1.165, 1.54) is 0 Å². The molecule has 0 saturated heterocycles. The number of carboxylic acid groups (broad SMARTS) is 1. The molecule has 0 radical (unpaired) electrons. The number of rotatable bonds is 6. The molecule has 0 aliphatic heterocycles. The van der Waals surface area contributed by atoms with E-state index < -0.39 is 12.1 Å². The molecule has 98 valence electrons. The lowest BCUT2D eigenvalue weighted by atomic mass is 10.3. The topological polar surface area (TPSA) is 75.6 Å². The van der Waals surface area contributed by atoms with Gasteiger partial charge in [0.25, 0.3) is 5.91 Å². The van der Waals surface area contributed by atoms with Gasteiger partial charge in [-0.05, 0) is 31.2 Å². The molecule has 0 bridgehead atoms. The number of benzene rings is 1. The monoisotopic (exact) mass is 271 g/mol. The molecular formula is C12H14ClNO4. The number of carbonyl (C=O) groups excluding carboxylic acids is 1. The fourth-order valence-corrected chi connectivity index (χ4v) is 1.33. The van der Waals surface area contributed by atoms with Crippen molar-refractivity contribution in [1.82, 2.24) is 5.32 Å². The maximum Gasteiger partial charge on any atom is 0.305 e. The Bertz CT molecular complexity index is 419. The van der Waals surface area contributed by atoms with Crippen LogP contribution in [0.4, 0.5) is 0 Å². The summed E-state index contributed by atoms with van der Waals surface area (Å²) < 4.78 is 5.37. The van der Waals surface area contributed by atoms with Gasteiger partial charge in [-0.15, -0.1) is 0 Å². The molecule has 2 N–H and O–H groups in total. The van der Waals surface area contributed by atoms with Crippen molar-refractivity contribution in [3.8, 4) is 5.75 Å². The highest BCUT2D eigenvalue weighted by Gasteiger charge is 2.14. The van der Waals surface area contributed by atoms with Gasteiger partial charge in [-0.3, -0.25) is 9.59 Å². The van der Waals surface area contributed by atoms with Crippen LogP contribution in [0.2, 0.25) is 5.02 Å². The first-order valence-electron chi connectivity index (χ1n) is 5.41. The number of carboxylic acids is 1. The second kappa shape index (κ2) is 6.86. The van der Waals surface area contributed by atoms with Gasteiger partial charge in [-0.25, -0.2) is 0 Å². The number of nitrogens with one attached hydrogen (secondary N) is 1. The second-order valence-electron chi connectivity index (χ2n) is 3.65. The maximum atomic E-state index is 11.5. The predicted molar refractivity (Wildman–Crippen MR) is 66.8 cm³/mol. The van der Waals surface area contributed by atoms with Gasteiger partial charge in [-0.1, -0.05) is 11.6 Å². The first-order chi connectivity index (χ1) is 8.49. The summed E-state index contributed by atoms with van der Waals surface area (Å²) >= 11 is 5.72. The molecule has 0 aliphatic carbocycles. The van der Waals surface area contributed by atoms with E-state index in [9.17, 15) is 9.59 Å². The minimum absolute atomic E-state index is 0.0858. The summed E-state index contributed by atoms with van der Waals surface area (Å²) in [6.07, 6.45) is -0.806. The third kappa shape index (κ3) is 5.05. The zero-order valence-electron chi connectivity index (χ0n) is 9.85. The van der Waals surface area contributed by atoms with Gasteiger partial charge in [0.1, 0.15) is 5.75 Å². The maximum absolute atomic E-state index is 11.5. The molecule has 0 heterocycles. The Kier molecular flexibility index (Phi) is 5.45. The van der Waals surface area contributed by atoms with Gasteiger partial charge < -0.3 is 15.2 Å². The summed E-state index contributed by atoms with van der Waals surface area (Å²) in [7, 11) is 0. The molecule has 0 fully saturated rings. The summed E-state index contributed by atoms with van der Waals surface area (Å²) in [5.41, 5.74) is 0. The first-order valence-corrected chi connectivity index (χ1v) is 5.78. The molecule has 1 unspecified atom stereocenters. The molecule has 0 aliphatic rings. The van der Waals surface area contributed by atoms with E-state index in [0.717, 1.165) is 0 Å². The number of amides is 1. The third-order valence-corrected chi connectivity index (χ3v) is 2.39. The van der Waals surface area contributed by atoms with Crippen molar-refractivity contribution in [2.24, 2.45) is 0 Å². The fourth-order valence-electron chi connectivity index (χ4n) is 1.21. The Morgan fingerprint density at radius 1 is 1.39 bits per heavy atom. The van der Waals surface area contributed by atoms with Crippen LogP contribution in [0.25, 0.3) is 0 Å². The summed E-state index contributed by atoms with van der Waals surface area (Å²) in [5, 5.41) is 11.5. The normalized spacial score (nSPS) is 11.7. The van der Waals surface area contributed by atoms with Crippen LogP contribution >= 0.6 is 11.6 Å². The smallest absolute Gasteiger partial charge is 0.305 e. The van der Waals surface area contributed by atoms with Gasteiger partial charge in [0, 0.05) is 11.6 Å². The Hall–Kier alpha value is -1.75. The molecule has 6 heteroatoms. The highest BCUT2D eigenvalue weighted by atomic mass is 35.5. The van der Waals surface area contributed by atoms with Crippen LogP contribution in [0, 0.1) is 0 Å². The summed E-state index contributed by atoms with van der Waals surface area (Å²) in [6.45, 7) is 1.67. The van der Waals surface area contributed by atoms with Crippen LogP contribution < -0.4 is 10.1 Å². The predicted octanol–water partition coefficient (Wildman–Crippen LogP) is 1.70. The van der Waals surface area contributed by atoms with Crippen molar-refractivity contribution in [3.05, 3.63) is 29.3 Å². The van der Waals surface area contributed by atoms with E-state index >= 15 is 0 Å². The molecule has 1 rings (SSSR count). The summed E-state index contributed by atoms with van der Waals surface area (Å²) in [6, 6.07) is 6.63. The third-order valence-electron chi connectivity index (χ3n) is 2.13. The highest BCUT2D eigenvalue weighted by molar-refractivity contribution is 6.30. The van der Waals surface area contributed by atoms with Crippen molar-refractivity contribution in [2.45, 2.75) is 19.4 Å². The fraction of sp³-hybridized carbons (Fsp3) is 0.333. The Morgan fingerprint density at radius 2 is 2.00 bits per heavy atom. The number of carbonyl (C=O) groups is 2. The van der Waals surface area contributed by atoms with Gasteiger partial charge in [0.2, 0.25) is 0 Å². The highest BCUT2D eigenvalue weighted by Crippen LogP contribution is 2.16. The van der Waals surface area contributed by atoms with Gasteiger partial charge >= 0.3 is 5.97 Å². The van der Waals surface area contributed by atoms with Crippen molar-refractivity contribution < 1.29 is 19.4 Å². The minimum atomic E-state index is -0.957. The van der Waals surface area contributed by atoms with E-state index in [4.69, 9.17) is 21.4 Å². The molecular weight excluding hydrogens is 258 g/mol. The molecule has 1 aromatic carbocycles.